The highest BCUT2D eigenvalue weighted by Gasteiger charge is 2.24. The van der Waals surface area contributed by atoms with E-state index in [1.54, 1.807) is 7.11 Å². The largest absolute Gasteiger partial charge is 0.493 e. The van der Waals surface area contributed by atoms with Crippen LogP contribution in [0.4, 0.5) is 0 Å². The van der Waals surface area contributed by atoms with Gasteiger partial charge >= 0.3 is 0 Å². The van der Waals surface area contributed by atoms with Crippen LogP contribution in [-0.2, 0) is 6.42 Å². The van der Waals surface area contributed by atoms with E-state index >= 15 is 0 Å². The Balaban J connectivity index is 1.90. The Labute approximate surface area is 171 Å². The van der Waals surface area contributed by atoms with Gasteiger partial charge in [-0.2, -0.15) is 0 Å². The summed E-state index contributed by atoms with van der Waals surface area (Å²) in [6.07, 6.45) is 1.98. The van der Waals surface area contributed by atoms with Gasteiger partial charge in [0.15, 0.2) is 11.5 Å². The lowest BCUT2D eigenvalue weighted by molar-refractivity contribution is 0.267. The van der Waals surface area contributed by atoms with E-state index in [-0.39, 0.29) is 6.04 Å². The lowest BCUT2D eigenvalue weighted by Crippen LogP contribution is -2.30. The van der Waals surface area contributed by atoms with Crippen molar-refractivity contribution in [2.24, 2.45) is 0 Å². The number of halogens is 1. The van der Waals surface area contributed by atoms with E-state index in [4.69, 9.17) is 9.47 Å². The van der Waals surface area contributed by atoms with Gasteiger partial charge in [0.1, 0.15) is 0 Å². The fraction of sp³-hybridized carbons (Fsp3) is 0.455. The molecule has 2 aromatic rings. The number of ether oxygens (including phenoxy) is 2. The lowest BCUT2D eigenvalue weighted by Gasteiger charge is -2.29. The monoisotopic (exact) mass is 432 g/mol. The predicted octanol–water partition coefficient (Wildman–Crippen LogP) is 4.33. The second-order valence-corrected chi connectivity index (χ2v) is 8.32. The fourth-order valence-electron chi connectivity index (χ4n) is 3.63. The molecular weight excluding hydrogens is 404 g/mol. The average Bonchev–Trinajstić information content (AvgIpc) is 2.63. The first-order valence-electron chi connectivity index (χ1n) is 9.46. The maximum atomic E-state index is 6.09. The highest BCUT2D eigenvalue weighted by molar-refractivity contribution is 9.10. The van der Waals surface area contributed by atoms with Gasteiger partial charge in [-0.3, -0.25) is 0 Å². The maximum absolute atomic E-state index is 6.09. The second-order valence-electron chi connectivity index (χ2n) is 7.41. The molecule has 0 radical (unpaired) electrons. The number of rotatable bonds is 7. The van der Waals surface area contributed by atoms with Crippen molar-refractivity contribution in [3.05, 3.63) is 57.1 Å². The number of hydrogen-bond acceptors (Lipinski definition) is 4. The van der Waals surface area contributed by atoms with Crippen LogP contribution in [0.5, 0.6) is 11.5 Å². The third-order valence-electron chi connectivity index (χ3n) is 4.88. The molecule has 2 aromatic carbocycles. The Morgan fingerprint density at radius 2 is 1.96 bits per heavy atom. The van der Waals surface area contributed by atoms with Crippen LogP contribution in [0.3, 0.4) is 0 Å². The zero-order valence-corrected chi connectivity index (χ0v) is 18.2. The van der Waals surface area contributed by atoms with Gasteiger partial charge in [0.2, 0.25) is 0 Å². The number of methoxy groups -OCH3 is 1. The van der Waals surface area contributed by atoms with Gasteiger partial charge in [0.05, 0.1) is 19.8 Å². The minimum Gasteiger partial charge on any atom is -0.493 e. The van der Waals surface area contributed by atoms with Crippen molar-refractivity contribution in [1.29, 1.82) is 0 Å². The van der Waals surface area contributed by atoms with Crippen molar-refractivity contribution in [2.75, 3.05) is 40.9 Å². The molecule has 4 nitrogen and oxygen atoms in total. The molecule has 0 bridgehead atoms. The number of aryl methyl sites for hydroxylation is 1. The van der Waals surface area contributed by atoms with Crippen LogP contribution in [0.15, 0.2) is 34.8 Å². The zero-order valence-electron chi connectivity index (χ0n) is 16.6. The molecule has 1 atom stereocenters. The molecule has 5 heteroatoms. The number of benzene rings is 2. The fourth-order valence-corrected chi connectivity index (χ4v) is 4.25. The molecule has 1 N–H and O–H groups in total. The van der Waals surface area contributed by atoms with E-state index in [9.17, 15) is 0 Å². The number of hydrogen-bond donors (Lipinski definition) is 1. The van der Waals surface area contributed by atoms with Gasteiger partial charge in [-0.05, 0) is 80.4 Å². The van der Waals surface area contributed by atoms with Crippen molar-refractivity contribution in [2.45, 2.75) is 25.8 Å². The Morgan fingerprint density at radius 1 is 1.15 bits per heavy atom. The lowest BCUT2D eigenvalue weighted by atomic mass is 9.89. The highest BCUT2D eigenvalue weighted by atomic mass is 79.9. The molecule has 0 aromatic heterocycles. The molecule has 0 saturated carbocycles. The molecule has 0 saturated heterocycles. The molecule has 1 heterocycles. The summed E-state index contributed by atoms with van der Waals surface area (Å²) in [6.45, 7) is 4.77. The molecule has 0 amide bonds. The number of nitrogens with one attached hydrogen (secondary N) is 1. The second kappa shape index (κ2) is 9.09. The summed E-state index contributed by atoms with van der Waals surface area (Å²) < 4.78 is 12.8. The van der Waals surface area contributed by atoms with E-state index < -0.39 is 0 Å². The Morgan fingerprint density at radius 3 is 2.67 bits per heavy atom. The topological polar surface area (TPSA) is 33.7 Å². The molecule has 3 rings (SSSR count). The summed E-state index contributed by atoms with van der Waals surface area (Å²) in [5, 5.41) is 3.67. The summed E-state index contributed by atoms with van der Waals surface area (Å²) in [7, 11) is 5.87. The van der Waals surface area contributed by atoms with Crippen molar-refractivity contribution in [1.82, 2.24) is 10.2 Å². The average molecular weight is 433 g/mol. The summed E-state index contributed by atoms with van der Waals surface area (Å²) in [6, 6.07) is 11.1. The van der Waals surface area contributed by atoms with Gasteiger partial charge in [-0.15, -0.1) is 0 Å². The van der Waals surface area contributed by atoms with Crippen LogP contribution in [0.1, 0.15) is 34.7 Å². The summed E-state index contributed by atoms with van der Waals surface area (Å²) >= 11 is 3.63. The molecule has 0 spiro atoms. The molecule has 1 aliphatic rings. The van der Waals surface area contributed by atoms with Crippen LogP contribution in [-0.4, -0.2) is 45.8 Å². The third kappa shape index (κ3) is 5.03. The molecule has 146 valence electrons. The van der Waals surface area contributed by atoms with Gasteiger partial charge in [0, 0.05) is 17.6 Å². The first kappa shape index (κ1) is 20.2. The summed E-state index contributed by atoms with van der Waals surface area (Å²) in [4.78, 5) is 2.17. The SMILES string of the molecule is COc1cc2c(cc1OCCCN(C)C)C(c1cc(C)cc(Br)c1)NCC2. The van der Waals surface area contributed by atoms with Gasteiger partial charge in [-0.25, -0.2) is 0 Å². The Hall–Kier alpha value is -1.56. The van der Waals surface area contributed by atoms with E-state index in [0.29, 0.717) is 6.61 Å². The minimum absolute atomic E-state index is 0.167. The van der Waals surface area contributed by atoms with Crippen LogP contribution < -0.4 is 14.8 Å². The van der Waals surface area contributed by atoms with Gasteiger partial charge in [-0.1, -0.05) is 22.0 Å². The van der Waals surface area contributed by atoms with Gasteiger partial charge in [0.25, 0.3) is 0 Å². The molecule has 1 unspecified atom stereocenters. The maximum Gasteiger partial charge on any atom is 0.161 e. The standard InChI is InChI=1S/C22H29BrN2O2/c1-15-10-17(12-18(23)11-15)22-19-14-21(27-9-5-8-25(2)3)20(26-4)13-16(19)6-7-24-22/h10-14,22,24H,5-9H2,1-4H3. The van der Waals surface area contributed by atoms with E-state index in [0.717, 1.165) is 41.9 Å². The van der Waals surface area contributed by atoms with E-state index in [1.165, 1.54) is 22.3 Å². The summed E-state index contributed by atoms with van der Waals surface area (Å²) in [5.41, 5.74) is 5.13. The minimum atomic E-state index is 0.167. The molecular formula is C22H29BrN2O2. The summed E-state index contributed by atoms with van der Waals surface area (Å²) in [5.74, 6) is 1.65. The molecule has 0 fully saturated rings. The molecule has 1 aliphatic heterocycles. The molecule has 27 heavy (non-hydrogen) atoms. The van der Waals surface area contributed by atoms with Crippen LogP contribution >= 0.6 is 15.9 Å². The zero-order chi connectivity index (χ0) is 19.4. The third-order valence-corrected chi connectivity index (χ3v) is 5.34. The van der Waals surface area contributed by atoms with Crippen LogP contribution in [0.2, 0.25) is 0 Å². The van der Waals surface area contributed by atoms with Crippen LogP contribution in [0.25, 0.3) is 0 Å². The van der Waals surface area contributed by atoms with Crippen LogP contribution in [0, 0.1) is 6.92 Å². The quantitative estimate of drug-likeness (QED) is 0.659. The van der Waals surface area contributed by atoms with Crippen molar-refractivity contribution < 1.29 is 9.47 Å². The van der Waals surface area contributed by atoms with Crippen molar-refractivity contribution >= 4 is 15.9 Å². The first-order chi connectivity index (χ1) is 13.0. The Bertz CT molecular complexity index is 772. The van der Waals surface area contributed by atoms with E-state index in [1.807, 2.05) is 0 Å². The van der Waals surface area contributed by atoms with Crippen molar-refractivity contribution in [3.63, 3.8) is 0 Å². The molecule has 0 aliphatic carbocycles. The number of nitrogens with zero attached hydrogens (tertiary/aromatic N) is 1. The normalized spacial score (nSPS) is 16.3. The van der Waals surface area contributed by atoms with Crippen molar-refractivity contribution in [3.8, 4) is 11.5 Å². The number of fused-ring (bicyclic) bond motifs is 1. The van der Waals surface area contributed by atoms with E-state index in [2.05, 4.69) is 77.5 Å². The smallest absolute Gasteiger partial charge is 0.161 e. The first-order valence-corrected chi connectivity index (χ1v) is 10.3. The highest BCUT2D eigenvalue weighted by Crippen LogP contribution is 2.38. The van der Waals surface area contributed by atoms with Gasteiger partial charge < -0.3 is 19.7 Å². The Kier molecular flexibility index (Phi) is 6.79. The predicted molar refractivity (Wildman–Crippen MR) is 114 cm³/mol.